The minimum absolute atomic E-state index is 0.0307. The normalized spacial score (nSPS) is 13.1. The lowest BCUT2D eigenvalue weighted by Gasteiger charge is -2.32. The van der Waals surface area contributed by atoms with Gasteiger partial charge in [-0.2, -0.15) is 0 Å². The topological polar surface area (TPSA) is 86.8 Å². The van der Waals surface area contributed by atoms with Gasteiger partial charge in [-0.3, -0.25) is 13.9 Å². The molecule has 0 saturated carbocycles. The number of sulfonamides is 1. The van der Waals surface area contributed by atoms with E-state index in [2.05, 4.69) is 5.32 Å². The lowest BCUT2D eigenvalue weighted by Crippen LogP contribution is -2.50. The molecule has 1 N–H and O–H groups in total. The van der Waals surface area contributed by atoms with Gasteiger partial charge in [0.1, 0.15) is 6.04 Å². The van der Waals surface area contributed by atoms with Crippen LogP contribution in [0.25, 0.3) is 0 Å². The van der Waals surface area contributed by atoms with Gasteiger partial charge in [0.2, 0.25) is 21.8 Å². The number of benzene rings is 2. The number of anilines is 1. The number of hydrogen-bond acceptors (Lipinski definition) is 4. The van der Waals surface area contributed by atoms with Crippen LogP contribution < -0.4 is 9.62 Å². The van der Waals surface area contributed by atoms with E-state index in [1.54, 1.807) is 42.5 Å². The Labute approximate surface area is 224 Å². The molecule has 7 nitrogen and oxygen atoms in total. The van der Waals surface area contributed by atoms with Crippen molar-refractivity contribution in [2.24, 2.45) is 0 Å². The molecule has 36 heavy (non-hydrogen) atoms. The van der Waals surface area contributed by atoms with E-state index in [1.807, 2.05) is 26.8 Å². The van der Waals surface area contributed by atoms with Crippen molar-refractivity contribution in [2.75, 3.05) is 17.1 Å². The zero-order valence-corrected chi connectivity index (χ0v) is 23.5. The van der Waals surface area contributed by atoms with Gasteiger partial charge >= 0.3 is 0 Å². The maximum Gasteiger partial charge on any atom is 0.243 e. The molecule has 0 aliphatic carbocycles. The highest BCUT2D eigenvalue weighted by molar-refractivity contribution is 7.92. The SMILES string of the molecule is CCC(C)NC(=O)C(CC)N(Cc1ccc(Cl)cc1Cl)C(=O)CCCN(c1ccccc1)S(C)(=O)=O. The molecule has 0 heterocycles. The number of nitrogens with zero attached hydrogens (tertiary/aromatic N) is 2. The van der Waals surface area contributed by atoms with Crippen LogP contribution in [0.2, 0.25) is 10.0 Å². The number of rotatable bonds is 13. The second-order valence-corrected chi connectivity index (χ2v) is 11.5. The number of carbonyl (C=O) groups excluding carboxylic acids is 2. The van der Waals surface area contributed by atoms with Crippen LogP contribution >= 0.6 is 23.2 Å². The summed E-state index contributed by atoms with van der Waals surface area (Å²) in [6.45, 7) is 6.01. The lowest BCUT2D eigenvalue weighted by molar-refractivity contribution is -0.141. The van der Waals surface area contributed by atoms with Gasteiger partial charge in [-0.15, -0.1) is 0 Å². The van der Waals surface area contributed by atoms with Gasteiger partial charge in [0.15, 0.2) is 0 Å². The highest BCUT2D eigenvalue weighted by Crippen LogP contribution is 2.25. The monoisotopic (exact) mass is 555 g/mol. The Morgan fingerprint density at radius 1 is 1.03 bits per heavy atom. The molecule has 2 unspecified atom stereocenters. The van der Waals surface area contributed by atoms with Crippen molar-refractivity contribution in [3.05, 3.63) is 64.1 Å². The van der Waals surface area contributed by atoms with Crippen molar-refractivity contribution in [3.63, 3.8) is 0 Å². The molecular weight excluding hydrogens is 521 g/mol. The maximum absolute atomic E-state index is 13.5. The van der Waals surface area contributed by atoms with Crippen LogP contribution in [-0.2, 0) is 26.2 Å². The van der Waals surface area contributed by atoms with Crippen molar-refractivity contribution < 1.29 is 18.0 Å². The molecule has 2 aromatic carbocycles. The zero-order valence-electron chi connectivity index (χ0n) is 21.2. The van der Waals surface area contributed by atoms with Crippen molar-refractivity contribution >= 4 is 50.7 Å². The molecule has 0 radical (unpaired) electrons. The quantitative estimate of drug-likeness (QED) is 0.365. The highest BCUT2D eigenvalue weighted by Gasteiger charge is 2.30. The molecule has 2 rings (SSSR count). The van der Waals surface area contributed by atoms with E-state index in [-0.39, 0.29) is 43.8 Å². The van der Waals surface area contributed by atoms with Crippen LogP contribution in [0.15, 0.2) is 48.5 Å². The van der Waals surface area contributed by atoms with Crippen molar-refractivity contribution in [1.29, 1.82) is 0 Å². The first kappa shape index (κ1) is 29.9. The molecule has 0 aliphatic rings. The van der Waals surface area contributed by atoms with Gasteiger partial charge in [0.25, 0.3) is 0 Å². The fourth-order valence-electron chi connectivity index (χ4n) is 3.79. The molecule has 198 valence electrons. The molecular formula is C26H35Cl2N3O4S. The van der Waals surface area contributed by atoms with Gasteiger partial charge in [-0.25, -0.2) is 8.42 Å². The summed E-state index contributed by atoms with van der Waals surface area (Å²) >= 11 is 12.4. The third-order valence-corrected chi connectivity index (χ3v) is 7.72. The Kier molecular flexibility index (Phi) is 11.5. The Morgan fingerprint density at radius 2 is 1.69 bits per heavy atom. The number of hydrogen-bond donors (Lipinski definition) is 1. The summed E-state index contributed by atoms with van der Waals surface area (Å²) in [6.07, 6.45) is 2.67. The summed E-state index contributed by atoms with van der Waals surface area (Å²) in [5.74, 6) is -0.485. The van der Waals surface area contributed by atoms with E-state index in [0.29, 0.717) is 27.7 Å². The second kappa shape index (κ2) is 13.9. The summed E-state index contributed by atoms with van der Waals surface area (Å²) < 4.78 is 26.0. The van der Waals surface area contributed by atoms with Crippen LogP contribution in [0, 0.1) is 0 Å². The summed E-state index contributed by atoms with van der Waals surface area (Å²) in [5.41, 5.74) is 1.21. The van der Waals surface area contributed by atoms with Crippen molar-refractivity contribution in [2.45, 2.75) is 65.1 Å². The molecule has 2 aromatic rings. The fraction of sp³-hybridized carbons (Fsp3) is 0.462. The van der Waals surface area contributed by atoms with Crippen LogP contribution in [0.5, 0.6) is 0 Å². The van der Waals surface area contributed by atoms with Crippen LogP contribution in [0.4, 0.5) is 5.69 Å². The first-order valence-electron chi connectivity index (χ1n) is 12.0. The summed E-state index contributed by atoms with van der Waals surface area (Å²) in [7, 11) is -3.53. The maximum atomic E-state index is 13.5. The average Bonchev–Trinajstić information content (AvgIpc) is 2.82. The molecule has 0 bridgehead atoms. The predicted octanol–water partition coefficient (Wildman–Crippen LogP) is 5.26. The molecule has 0 aliphatic heterocycles. The summed E-state index contributed by atoms with van der Waals surface area (Å²) in [6, 6.07) is 13.1. The van der Waals surface area contributed by atoms with Crippen LogP contribution in [-0.4, -0.2) is 50.0 Å². The minimum atomic E-state index is -3.53. The second-order valence-electron chi connectivity index (χ2n) is 8.77. The molecule has 0 fully saturated rings. The average molecular weight is 557 g/mol. The number of para-hydroxylation sites is 1. The smallest absolute Gasteiger partial charge is 0.243 e. The Balaban J connectivity index is 2.25. The van der Waals surface area contributed by atoms with Gasteiger partial charge in [0.05, 0.1) is 11.9 Å². The molecule has 0 spiro atoms. The van der Waals surface area contributed by atoms with E-state index in [0.717, 1.165) is 12.7 Å². The number of halogens is 2. The lowest BCUT2D eigenvalue weighted by atomic mass is 10.1. The predicted molar refractivity (Wildman–Crippen MR) is 147 cm³/mol. The van der Waals surface area contributed by atoms with E-state index in [1.165, 1.54) is 9.21 Å². The molecule has 2 amide bonds. The van der Waals surface area contributed by atoms with E-state index >= 15 is 0 Å². The number of amides is 2. The van der Waals surface area contributed by atoms with Gasteiger partial charge in [0, 0.05) is 35.6 Å². The first-order chi connectivity index (χ1) is 17.0. The summed E-state index contributed by atoms with van der Waals surface area (Å²) in [4.78, 5) is 28.1. The molecule has 2 atom stereocenters. The van der Waals surface area contributed by atoms with Crippen molar-refractivity contribution in [1.82, 2.24) is 10.2 Å². The minimum Gasteiger partial charge on any atom is -0.352 e. The van der Waals surface area contributed by atoms with E-state index in [4.69, 9.17) is 23.2 Å². The highest BCUT2D eigenvalue weighted by atomic mass is 35.5. The largest absolute Gasteiger partial charge is 0.352 e. The first-order valence-corrected chi connectivity index (χ1v) is 14.6. The van der Waals surface area contributed by atoms with Gasteiger partial charge in [-0.1, -0.05) is 61.3 Å². The van der Waals surface area contributed by atoms with Crippen LogP contribution in [0.3, 0.4) is 0 Å². The fourth-order valence-corrected chi connectivity index (χ4v) is 5.23. The van der Waals surface area contributed by atoms with E-state index < -0.39 is 16.1 Å². The Morgan fingerprint density at radius 3 is 2.25 bits per heavy atom. The van der Waals surface area contributed by atoms with Crippen molar-refractivity contribution in [3.8, 4) is 0 Å². The molecule has 0 saturated heterocycles. The third-order valence-electron chi connectivity index (χ3n) is 5.94. The third kappa shape index (κ3) is 8.68. The Bertz CT molecular complexity index is 1130. The van der Waals surface area contributed by atoms with Crippen LogP contribution in [0.1, 0.15) is 52.0 Å². The van der Waals surface area contributed by atoms with Gasteiger partial charge in [-0.05, 0) is 56.0 Å². The Hall–Kier alpha value is -2.29. The number of nitrogens with one attached hydrogen (secondary N) is 1. The molecule has 10 heteroatoms. The van der Waals surface area contributed by atoms with E-state index in [9.17, 15) is 18.0 Å². The number of carbonyl (C=O) groups is 2. The zero-order chi connectivity index (χ0) is 26.9. The summed E-state index contributed by atoms with van der Waals surface area (Å²) in [5, 5.41) is 3.85. The van der Waals surface area contributed by atoms with Gasteiger partial charge < -0.3 is 10.2 Å². The molecule has 0 aromatic heterocycles. The standard InChI is InChI=1S/C26H35Cl2N3O4S/c1-5-19(3)29-26(33)24(6-2)30(18-20-14-15-21(27)17-23(20)28)25(32)13-10-16-31(36(4,34)35)22-11-8-7-9-12-22/h7-9,11-12,14-15,17,19,24H,5-6,10,13,16,18H2,1-4H3,(H,29,33).